The van der Waals surface area contributed by atoms with Crippen molar-refractivity contribution in [1.82, 2.24) is 14.5 Å². The number of hydrogen-bond donors (Lipinski definition) is 1. The van der Waals surface area contributed by atoms with Crippen LogP contribution in [0.2, 0.25) is 0 Å². The molecule has 0 unspecified atom stereocenters. The zero-order chi connectivity index (χ0) is 20.6. The lowest BCUT2D eigenvalue weighted by Crippen LogP contribution is -2.54. The van der Waals surface area contributed by atoms with Crippen LogP contribution in [0.1, 0.15) is 25.0 Å². The van der Waals surface area contributed by atoms with E-state index in [1.165, 1.54) is 4.31 Å². The van der Waals surface area contributed by atoms with E-state index in [0.29, 0.717) is 38.3 Å². The monoisotopic (exact) mass is 407 g/mol. The van der Waals surface area contributed by atoms with Crippen LogP contribution in [0.3, 0.4) is 0 Å². The quantitative estimate of drug-likeness (QED) is 0.535. The van der Waals surface area contributed by atoms with Crippen LogP contribution in [0.4, 0.5) is 0 Å². The van der Waals surface area contributed by atoms with Crippen molar-refractivity contribution >= 4 is 16.0 Å². The molecule has 0 aromatic heterocycles. The van der Waals surface area contributed by atoms with Crippen molar-refractivity contribution in [2.75, 3.05) is 45.6 Å². The van der Waals surface area contributed by atoms with Gasteiger partial charge in [0.05, 0.1) is 30.1 Å². The summed E-state index contributed by atoms with van der Waals surface area (Å²) in [6.45, 7) is 6.61. The van der Waals surface area contributed by atoms with Crippen LogP contribution >= 0.6 is 0 Å². The average molecular weight is 408 g/mol. The van der Waals surface area contributed by atoms with E-state index >= 15 is 0 Å². The Morgan fingerprint density at radius 1 is 1.25 bits per heavy atom. The van der Waals surface area contributed by atoms with Crippen LogP contribution < -0.4 is 5.32 Å². The Morgan fingerprint density at radius 2 is 1.89 bits per heavy atom. The van der Waals surface area contributed by atoms with Crippen LogP contribution in [0.25, 0.3) is 0 Å². The smallest absolute Gasteiger partial charge is 0.216 e. The van der Waals surface area contributed by atoms with Crippen LogP contribution in [-0.2, 0) is 21.3 Å². The lowest BCUT2D eigenvalue weighted by molar-refractivity contribution is 0.0904. The second kappa shape index (κ2) is 10.4. The topological polar surface area (TPSA) is 98.0 Å². The highest BCUT2D eigenvalue weighted by molar-refractivity contribution is 7.89. The van der Waals surface area contributed by atoms with Crippen molar-refractivity contribution in [3.63, 3.8) is 0 Å². The van der Waals surface area contributed by atoms with Crippen molar-refractivity contribution in [1.29, 1.82) is 5.26 Å². The van der Waals surface area contributed by atoms with Gasteiger partial charge in [0, 0.05) is 39.8 Å². The molecule has 0 aliphatic carbocycles. The maximum atomic E-state index is 12.4. The number of piperazine rings is 1. The third kappa shape index (κ3) is 6.48. The van der Waals surface area contributed by atoms with Gasteiger partial charge in [-0.25, -0.2) is 8.42 Å². The van der Waals surface area contributed by atoms with E-state index in [9.17, 15) is 8.42 Å². The minimum atomic E-state index is -3.30. The van der Waals surface area contributed by atoms with Gasteiger partial charge in [-0.1, -0.05) is 12.1 Å². The standard InChI is InChI=1S/C19H29N5O3S/c1-16(2)27-12-13-28(25,26)24-10-8-23(9-11-24)19(21-3)22-15-18-6-4-17(14-20)5-7-18/h4-7,16H,8-13,15H2,1-3H3,(H,21,22). The molecule has 1 aliphatic rings. The number of nitrogens with one attached hydrogen (secondary N) is 1. The van der Waals surface area contributed by atoms with Crippen LogP contribution in [-0.4, -0.2) is 75.3 Å². The van der Waals surface area contributed by atoms with E-state index in [2.05, 4.69) is 21.3 Å². The molecule has 28 heavy (non-hydrogen) atoms. The summed E-state index contributed by atoms with van der Waals surface area (Å²) in [5, 5.41) is 12.2. The predicted molar refractivity (Wildman–Crippen MR) is 109 cm³/mol. The van der Waals surface area contributed by atoms with E-state index in [4.69, 9.17) is 10.00 Å². The second-order valence-corrected chi connectivity index (χ2v) is 8.92. The molecule has 0 atom stereocenters. The molecule has 1 fully saturated rings. The summed E-state index contributed by atoms with van der Waals surface area (Å²) in [6.07, 6.45) is 0.0255. The zero-order valence-corrected chi connectivity index (χ0v) is 17.6. The number of benzene rings is 1. The average Bonchev–Trinajstić information content (AvgIpc) is 2.69. The first-order chi connectivity index (χ1) is 13.4. The van der Waals surface area contributed by atoms with Gasteiger partial charge in [0.1, 0.15) is 0 Å². The van der Waals surface area contributed by atoms with Gasteiger partial charge in [-0.2, -0.15) is 9.57 Å². The molecule has 2 rings (SSSR count). The lowest BCUT2D eigenvalue weighted by Gasteiger charge is -2.35. The minimum absolute atomic E-state index is 0.0108. The number of guanidine groups is 1. The number of hydrogen-bond acceptors (Lipinski definition) is 5. The first kappa shape index (κ1) is 22.1. The van der Waals surface area contributed by atoms with Crippen molar-refractivity contribution in [2.24, 2.45) is 4.99 Å². The molecule has 1 saturated heterocycles. The first-order valence-corrected chi connectivity index (χ1v) is 11.0. The van der Waals surface area contributed by atoms with E-state index in [0.717, 1.165) is 11.5 Å². The summed E-state index contributed by atoms with van der Waals surface area (Å²) in [5.74, 6) is 0.751. The van der Waals surface area contributed by atoms with E-state index in [1.807, 2.05) is 26.0 Å². The molecule has 154 valence electrons. The fourth-order valence-electron chi connectivity index (χ4n) is 2.91. The largest absolute Gasteiger partial charge is 0.378 e. The van der Waals surface area contributed by atoms with Gasteiger partial charge in [-0.3, -0.25) is 4.99 Å². The molecular weight excluding hydrogens is 378 g/mol. The molecule has 0 saturated carbocycles. The number of nitriles is 1. The highest BCUT2D eigenvalue weighted by Crippen LogP contribution is 2.10. The number of sulfonamides is 1. The van der Waals surface area contributed by atoms with Gasteiger partial charge in [0.25, 0.3) is 0 Å². The van der Waals surface area contributed by atoms with E-state index in [1.54, 1.807) is 19.2 Å². The molecule has 0 radical (unpaired) electrons. The Bertz CT molecular complexity index is 792. The summed E-state index contributed by atoms with van der Waals surface area (Å²) in [7, 11) is -1.59. The summed E-state index contributed by atoms with van der Waals surface area (Å²) >= 11 is 0. The first-order valence-electron chi connectivity index (χ1n) is 9.40. The molecule has 0 amide bonds. The van der Waals surface area contributed by atoms with Gasteiger partial charge in [-0.15, -0.1) is 0 Å². The Morgan fingerprint density at radius 3 is 2.43 bits per heavy atom. The molecule has 0 bridgehead atoms. The highest BCUT2D eigenvalue weighted by atomic mass is 32.2. The Kier molecular flexibility index (Phi) is 8.23. The molecule has 1 aliphatic heterocycles. The van der Waals surface area contributed by atoms with Gasteiger partial charge in [-0.05, 0) is 31.5 Å². The second-order valence-electron chi connectivity index (χ2n) is 6.83. The predicted octanol–water partition coefficient (Wildman–Crippen LogP) is 1.01. The molecule has 1 N–H and O–H groups in total. The van der Waals surface area contributed by atoms with E-state index < -0.39 is 10.0 Å². The van der Waals surface area contributed by atoms with Crippen molar-refractivity contribution in [3.8, 4) is 6.07 Å². The maximum absolute atomic E-state index is 12.4. The normalized spacial score (nSPS) is 16.2. The molecule has 9 heteroatoms. The Hall–Kier alpha value is -2.15. The summed E-state index contributed by atoms with van der Waals surface area (Å²) in [4.78, 5) is 6.36. The van der Waals surface area contributed by atoms with Crippen molar-refractivity contribution in [2.45, 2.75) is 26.5 Å². The van der Waals surface area contributed by atoms with Gasteiger partial charge in [0.2, 0.25) is 10.0 Å². The fraction of sp³-hybridized carbons (Fsp3) is 0.579. The lowest BCUT2D eigenvalue weighted by atomic mass is 10.1. The van der Waals surface area contributed by atoms with Crippen LogP contribution in [0.15, 0.2) is 29.3 Å². The molecule has 1 aromatic rings. The Balaban J connectivity index is 1.83. The third-order valence-corrected chi connectivity index (χ3v) is 6.30. The number of aliphatic imine (C=N–C) groups is 1. The molecule has 8 nitrogen and oxygen atoms in total. The number of nitrogens with zero attached hydrogens (tertiary/aromatic N) is 4. The summed E-state index contributed by atoms with van der Waals surface area (Å²) < 4.78 is 31.8. The SMILES string of the molecule is CN=C(NCc1ccc(C#N)cc1)N1CCN(S(=O)(=O)CCOC(C)C)CC1. The Labute approximate surface area is 167 Å². The molecule has 1 aromatic carbocycles. The fourth-order valence-corrected chi connectivity index (χ4v) is 4.19. The molecular formula is C19H29N5O3S. The van der Waals surface area contributed by atoms with Gasteiger partial charge in [0.15, 0.2) is 5.96 Å². The number of ether oxygens (including phenoxy) is 1. The van der Waals surface area contributed by atoms with E-state index in [-0.39, 0.29) is 18.5 Å². The summed E-state index contributed by atoms with van der Waals surface area (Å²) in [5.41, 5.74) is 1.68. The zero-order valence-electron chi connectivity index (χ0n) is 16.8. The molecule has 0 spiro atoms. The highest BCUT2D eigenvalue weighted by Gasteiger charge is 2.27. The van der Waals surface area contributed by atoms with Crippen LogP contribution in [0, 0.1) is 11.3 Å². The third-order valence-electron chi connectivity index (χ3n) is 4.47. The maximum Gasteiger partial charge on any atom is 0.216 e. The summed E-state index contributed by atoms with van der Waals surface area (Å²) in [6, 6.07) is 9.48. The minimum Gasteiger partial charge on any atom is -0.378 e. The van der Waals surface area contributed by atoms with Crippen molar-refractivity contribution in [3.05, 3.63) is 35.4 Å². The van der Waals surface area contributed by atoms with Gasteiger partial charge < -0.3 is 15.0 Å². The van der Waals surface area contributed by atoms with Gasteiger partial charge >= 0.3 is 0 Å². The van der Waals surface area contributed by atoms with Crippen molar-refractivity contribution < 1.29 is 13.2 Å². The number of rotatable bonds is 7. The molecule has 1 heterocycles. The van der Waals surface area contributed by atoms with Crippen LogP contribution in [0.5, 0.6) is 0 Å².